The van der Waals surface area contributed by atoms with E-state index in [4.69, 9.17) is 0 Å². The van der Waals surface area contributed by atoms with Crippen molar-refractivity contribution < 1.29 is 0 Å². The maximum atomic E-state index is 4.30. The van der Waals surface area contributed by atoms with Gasteiger partial charge in [-0.25, -0.2) is 0 Å². The smallest absolute Gasteiger partial charge is 0.0701 e. The predicted molar refractivity (Wildman–Crippen MR) is 109 cm³/mol. The summed E-state index contributed by atoms with van der Waals surface area (Å²) >= 11 is 0. The van der Waals surface area contributed by atoms with E-state index in [2.05, 4.69) is 74.1 Å². The average Bonchev–Trinajstić information content (AvgIpc) is 2.63. The molecular formula is C23H28N2. The summed E-state index contributed by atoms with van der Waals surface area (Å²) < 4.78 is 0. The molecule has 0 amide bonds. The lowest BCUT2D eigenvalue weighted by Gasteiger charge is -2.25. The first-order valence-electron chi connectivity index (χ1n) is 8.72. The van der Waals surface area contributed by atoms with E-state index >= 15 is 0 Å². The maximum absolute atomic E-state index is 4.30. The lowest BCUT2D eigenvalue weighted by atomic mass is 9.80. The molecule has 25 heavy (non-hydrogen) atoms. The molecule has 0 saturated carbocycles. The van der Waals surface area contributed by atoms with Gasteiger partial charge in [-0.15, -0.1) is 0 Å². The van der Waals surface area contributed by atoms with E-state index in [1.807, 2.05) is 37.5 Å². The molecule has 1 aromatic heterocycles. The minimum Gasteiger partial charge on any atom is -0.297 e. The van der Waals surface area contributed by atoms with Gasteiger partial charge < -0.3 is 0 Å². The van der Waals surface area contributed by atoms with Crippen molar-refractivity contribution >= 4 is 16.6 Å². The summed E-state index contributed by atoms with van der Waals surface area (Å²) in [6.07, 6.45) is 2.87. The molecule has 0 atom stereocenters. The van der Waals surface area contributed by atoms with Crippen LogP contribution in [0.15, 0.2) is 71.9 Å². The zero-order chi connectivity index (χ0) is 18.3. The van der Waals surface area contributed by atoms with Gasteiger partial charge in [-0.2, -0.15) is 0 Å². The van der Waals surface area contributed by atoms with Crippen molar-refractivity contribution in [2.24, 2.45) is 10.4 Å². The van der Waals surface area contributed by atoms with Gasteiger partial charge in [0, 0.05) is 29.8 Å². The van der Waals surface area contributed by atoms with Crippen LogP contribution in [0.1, 0.15) is 31.9 Å². The molecule has 0 aliphatic heterocycles. The van der Waals surface area contributed by atoms with E-state index in [0.717, 1.165) is 11.9 Å². The van der Waals surface area contributed by atoms with E-state index in [1.54, 1.807) is 0 Å². The van der Waals surface area contributed by atoms with Gasteiger partial charge >= 0.3 is 0 Å². The van der Waals surface area contributed by atoms with Gasteiger partial charge in [0.2, 0.25) is 0 Å². The van der Waals surface area contributed by atoms with Crippen molar-refractivity contribution in [2.75, 3.05) is 7.05 Å². The SMILES string of the molecule is CN=C(C)C(C)(C)Cc1ccccc1C.c1ccc2ncccc2c1. The molecule has 2 nitrogen and oxygen atoms in total. The highest BCUT2D eigenvalue weighted by molar-refractivity contribution is 5.87. The number of hydrogen-bond donors (Lipinski definition) is 0. The second-order valence-electron chi connectivity index (χ2n) is 6.99. The molecule has 3 aromatic rings. The minimum atomic E-state index is 0.154. The number of aromatic nitrogens is 1. The third-order valence-electron chi connectivity index (χ3n) is 4.72. The van der Waals surface area contributed by atoms with Crippen LogP contribution in [0.5, 0.6) is 0 Å². The second-order valence-corrected chi connectivity index (χ2v) is 6.99. The van der Waals surface area contributed by atoms with Crippen LogP contribution in [0.2, 0.25) is 0 Å². The zero-order valence-electron chi connectivity index (χ0n) is 16.0. The Bertz CT molecular complexity index is 782. The van der Waals surface area contributed by atoms with Crippen molar-refractivity contribution in [3.05, 3.63) is 78.0 Å². The van der Waals surface area contributed by atoms with E-state index in [1.165, 1.54) is 22.2 Å². The van der Waals surface area contributed by atoms with Crippen LogP contribution >= 0.6 is 0 Å². The normalized spacial score (nSPS) is 11.8. The first-order valence-corrected chi connectivity index (χ1v) is 8.72. The Morgan fingerprint density at radius 3 is 2.28 bits per heavy atom. The van der Waals surface area contributed by atoms with Crippen LogP contribution in [-0.4, -0.2) is 17.7 Å². The Kier molecular flexibility index (Phi) is 6.46. The van der Waals surface area contributed by atoms with Gasteiger partial charge in [0.15, 0.2) is 0 Å². The Hall–Kier alpha value is -2.48. The minimum absolute atomic E-state index is 0.154. The fraction of sp³-hybridized carbons (Fsp3) is 0.304. The summed E-state index contributed by atoms with van der Waals surface area (Å²) in [5.74, 6) is 0. The Morgan fingerprint density at radius 1 is 0.960 bits per heavy atom. The molecule has 0 fully saturated rings. The van der Waals surface area contributed by atoms with Gasteiger partial charge in [0.05, 0.1) is 5.52 Å². The third kappa shape index (κ3) is 5.25. The van der Waals surface area contributed by atoms with Crippen molar-refractivity contribution in [1.82, 2.24) is 4.98 Å². The van der Waals surface area contributed by atoms with Crippen LogP contribution in [0.4, 0.5) is 0 Å². The molecule has 0 N–H and O–H groups in total. The van der Waals surface area contributed by atoms with Crippen molar-refractivity contribution in [2.45, 2.75) is 34.1 Å². The molecule has 0 saturated heterocycles. The Labute approximate surface area is 151 Å². The topological polar surface area (TPSA) is 25.2 Å². The monoisotopic (exact) mass is 332 g/mol. The van der Waals surface area contributed by atoms with Gasteiger partial charge in [0.1, 0.15) is 0 Å². The van der Waals surface area contributed by atoms with Crippen LogP contribution < -0.4 is 0 Å². The highest BCUT2D eigenvalue weighted by Crippen LogP contribution is 2.25. The fourth-order valence-electron chi connectivity index (χ4n) is 2.73. The number of aliphatic imine (C=N–C) groups is 1. The molecule has 0 bridgehead atoms. The quantitative estimate of drug-likeness (QED) is 0.549. The molecule has 2 aromatic carbocycles. The number of rotatable bonds is 3. The van der Waals surface area contributed by atoms with Gasteiger partial charge in [0.25, 0.3) is 0 Å². The molecule has 0 aliphatic carbocycles. The lowest BCUT2D eigenvalue weighted by molar-refractivity contribution is 0.515. The number of fused-ring (bicyclic) bond motifs is 1. The van der Waals surface area contributed by atoms with Gasteiger partial charge in [-0.1, -0.05) is 62.4 Å². The van der Waals surface area contributed by atoms with Crippen LogP contribution in [0.3, 0.4) is 0 Å². The number of nitrogens with zero attached hydrogens (tertiary/aromatic N) is 2. The van der Waals surface area contributed by atoms with E-state index in [0.29, 0.717) is 0 Å². The number of pyridine rings is 1. The average molecular weight is 332 g/mol. The molecule has 3 rings (SSSR count). The second kappa shape index (κ2) is 8.57. The van der Waals surface area contributed by atoms with Crippen molar-refractivity contribution in [3.8, 4) is 0 Å². The van der Waals surface area contributed by atoms with E-state index < -0.39 is 0 Å². The number of benzene rings is 2. The summed E-state index contributed by atoms with van der Waals surface area (Å²) in [5.41, 5.74) is 5.22. The lowest BCUT2D eigenvalue weighted by Crippen LogP contribution is -2.24. The predicted octanol–water partition coefficient (Wildman–Crippen LogP) is 5.89. The first kappa shape index (κ1) is 18.9. The number of aryl methyl sites for hydroxylation is 1. The Balaban J connectivity index is 0.000000194. The molecule has 130 valence electrons. The van der Waals surface area contributed by atoms with Crippen LogP contribution in [0, 0.1) is 12.3 Å². The van der Waals surface area contributed by atoms with Crippen LogP contribution in [0.25, 0.3) is 10.9 Å². The maximum Gasteiger partial charge on any atom is 0.0701 e. The molecule has 0 spiro atoms. The highest BCUT2D eigenvalue weighted by atomic mass is 14.7. The summed E-state index contributed by atoms with van der Waals surface area (Å²) in [6.45, 7) is 8.78. The summed E-state index contributed by atoms with van der Waals surface area (Å²) in [6, 6.07) is 20.7. The third-order valence-corrected chi connectivity index (χ3v) is 4.72. The molecule has 0 aliphatic rings. The molecule has 0 unspecified atom stereocenters. The van der Waals surface area contributed by atoms with Gasteiger partial charge in [-0.05, 0) is 43.5 Å². The molecule has 0 radical (unpaired) electrons. The molecular weight excluding hydrogens is 304 g/mol. The zero-order valence-corrected chi connectivity index (χ0v) is 16.0. The van der Waals surface area contributed by atoms with Crippen molar-refractivity contribution in [3.63, 3.8) is 0 Å². The van der Waals surface area contributed by atoms with E-state index in [-0.39, 0.29) is 5.41 Å². The molecule has 2 heteroatoms. The molecule has 1 heterocycles. The number of para-hydroxylation sites is 1. The van der Waals surface area contributed by atoms with Crippen molar-refractivity contribution in [1.29, 1.82) is 0 Å². The van der Waals surface area contributed by atoms with Crippen LogP contribution in [-0.2, 0) is 6.42 Å². The summed E-state index contributed by atoms with van der Waals surface area (Å²) in [5, 5.41) is 1.20. The summed E-state index contributed by atoms with van der Waals surface area (Å²) in [7, 11) is 1.87. The number of hydrogen-bond acceptors (Lipinski definition) is 2. The largest absolute Gasteiger partial charge is 0.297 e. The summed E-state index contributed by atoms with van der Waals surface area (Å²) in [4.78, 5) is 8.48. The first-order chi connectivity index (χ1) is 11.9. The van der Waals surface area contributed by atoms with E-state index in [9.17, 15) is 0 Å². The highest BCUT2D eigenvalue weighted by Gasteiger charge is 2.22. The fourth-order valence-corrected chi connectivity index (χ4v) is 2.73. The Morgan fingerprint density at radius 2 is 1.60 bits per heavy atom. The van der Waals surface area contributed by atoms with Gasteiger partial charge in [-0.3, -0.25) is 9.98 Å². The standard InChI is InChI=1S/C14H21N.C9H7N/c1-11-8-6-7-9-13(11)10-14(3,4)12(2)15-5;1-2-6-9-8(4-1)5-3-7-10-9/h6-9H,10H2,1-5H3;1-7H.